The van der Waals surface area contributed by atoms with Crippen molar-refractivity contribution in [3.8, 4) is 0 Å². The molecule has 2 aromatic rings. The molecule has 7 nitrogen and oxygen atoms in total. The number of carbonyl (C=O) groups excluding carboxylic acids is 3. The van der Waals surface area contributed by atoms with E-state index in [2.05, 4.69) is 15.5 Å². The summed E-state index contributed by atoms with van der Waals surface area (Å²) < 4.78 is 0. The van der Waals surface area contributed by atoms with E-state index in [9.17, 15) is 14.4 Å². The van der Waals surface area contributed by atoms with E-state index in [1.54, 1.807) is 30.3 Å². The molecule has 1 aromatic heterocycles. The Morgan fingerprint density at radius 3 is 2.38 bits per heavy atom. The van der Waals surface area contributed by atoms with Crippen molar-refractivity contribution in [2.45, 2.75) is 6.42 Å². The van der Waals surface area contributed by atoms with Gasteiger partial charge in [-0.1, -0.05) is 12.1 Å². The Labute approximate surface area is 119 Å². The van der Waals surface area contributed by atoms with Crippen LogP contribution in [-0.2, 0) is 4.79 Å². The van der Waals surface area contributed by atoms with Crippen LogP contribution in [0.15, 0.2) is 36.5 Å². The van der Waals surface area contributed by atoms with Crippen LogP contribution in [0.25, 0.3) is 0 Å². The summed E-state index contributed by atoms with van der Waals surface area (Å²) >= 11 is 0. The third kappa shape index (κ3) is 2.40. The third-order valence-corrected chi connectivity index (χ3v) is 3.22. The summed E-state index contributed by atoms with van der Waals surface area (Å²) in [5.74, 6) is -0.534. The summed E-state index contributed by atoms with van der Waals surface area (Å²) in [5.41, 5.74) is 0.771. The molecule has 0 unspecified atom stereocenters. The minimum absolute atomic E-state index is 0.0322. The van der Waals surface area contributed by atoms with Crippen LogP contribution in [0.1, 0.15) is 27.1 Å². The van der Waals surface area contributed by atoms with Gasteiger partial charge in [-0.25, -0.2) is 0 Å². The van der Waals surface area contributed by atoms with Crippen LogP contribution in [0, 0.1) is 0 Å². The average molecular weight is 284 g/mol. The van der Waals surface area contributed by atoms with E-state index in [-0.39, 0.29) is 30.7 Å². The Morgan fingerprint density at radius 2 is 1.81 bits per heavy atom. The molecule has 7 heteroatoms. The number of benzene rings is 1. The van der Waals surface area contributed by atoms with Crippen molar-refractivity contribution < 1.29 is 14.4 Å². The smallest absolute Gasteiger partial charge is 0.261 e. The number of hydrogen-bond donors (Lipinski definition) is 2. The highest BCUT2D eigenvalue weighted by molar-refractivity contribution is 6.21. The summed E-state index contributed by atoms with van der Waals surface area (Å²) in [5, 5.41) is 8.89. The number of aromatic nitrogens is 2. The minimum Gasteiger partial charge on any atom is -0.311 e. The molecule has 2 heterocycles. The highest BCUT2D eigenvalue weighted by atomic mass is 16.2. The first kappa shape index (κ1) is 13.0. The Hall–Kier alpha value is -2.96. The first-order valence-corrected chi connectivity index (χ1v) is 6.41. The van der Waals surface area contributed by atoms with Crippen LogP contribution in [0.2, 0.25) is 0 Å². The van der Waals surface area contributed by atoms with E-state index < -0.39 is 0 Å². The summed E-state index contributed by atoms with van der Waals surface area (Å²) in [7, 11) is 0. The SMILES string of the molecule is O=C(CCN1C(=O)c2ccccc2C1=O)Nc1ccn[nH]1. The standard InChI is InChI=1S/C14H12N4O3/c19-12(16-11-5-7-15-17-11)6-8-18-13(20)9-3-1-2-4-10(9)14(18)21/h1-5,7H,6,8H2,(H2,15,16,17,19). The maximum absolute atomic E-state index is 12.1. The van der Waals surface area contributed by atoms with Crippen LogP contribution in [0.5, 0.6) is 0 Å². The van der Waals surface area contributed by atoms with Crippen molar-refractivity contribution in [1.29, 1.82) is 0 Å². The molecule has 0 saturated heterocycles. The lowest BCUT2D eigenvalue weighted by molar-refractivity contribution is -0.116. The zero-order chi connectivity index (χ0) is 14.8. The number of aromatic amines is 1. The molecule has 0 bridgehead atoms. The largest absolute Gasteiger partial charge is 0.311 e. The summed E-state index contributed by atoms with van der Waals surface area (Å²) in [6.45, 7) is 0.0479. The number of imide groups is 1. The molecule has 106 valence electrons. The molecule has 3 amide bonds. The number of rotatable bonds is 4. The zero-order valence-corrected chi connectivity index (χ0v) is 11.0. The molecule has 0 fully saturated rings. The molecule has 1 aliphatic heterocycles. The van der Waals surface area contributed by atoms with Gasteiger partial charge in [-0.2, -0.15) is 5.10 Å². The number of anilines is 1. The molecule has 2 N–H and O–H groups in total. The fraction of sp³-hybridized carbons (Fsp3) is 0.143. The zero-order valence-electron chi connectivity index (χ0n) is 11.0. The Bertz CT molecular complexity index is 674. The van der Waals surface area contributed by atoms with E-state index in [0.29, 0.717) is 16.9 Å². The normalized spacial score (nSPS) is 13.4. The molecule has 1 aliphatic rings. The van der Waals surface area contributed by atoms with Crippen LogP contribution in [0.3, 0.4) is 0 Å². The average Bonchev–Trinajstić information content (AvgIpc) is 3.07. The topological polar surface area (TPSA) is 95.2 Å². The Balaban J connectivity index is 1.63. The van der Waals surface area contributed by atoms with Crippen molar-refractivity contribution in [2.75, 3.05) is 11.9 Å². The van der Waals surface area contributed by atoms with Crippen molar-refractivity contribution in [3.05, 3.63) is 47.7 Å². The number of amides is 3. The molecule has 21 heavy (non-hydrogen) atoms. The van der Waals surface area contributed by atoms with Gasteiger partial charge in [0.1, 0.15) is 5.82 Å². The van der Waals surface area contributed by atoms with Crippen molar-refractivity contribution in [3.63, 3.8) is 0 Å². The second kappa shape index (κ2) is 5.20. The van der Waals surface area contributed by atoms with E-state index >= 15 is 0 Å². The third-order valence-electron chi connectivity index (χ3n) is 3.22. The van der Waals surface area contributed by atoms with Crippen LogP contribution in [0.4, 0.5) is 5.82 Å². The molecule has 0 spiro atoms. The van der Waals surface area contributed by atoms with E-state index in [4.69, 9.17) is 0 Å². The van der Waals surface area contributed by atoms with Gasteiger partial charge in [0.15, 0.2) is 0 Å². The van der Waals surface area contributed by atoms with Gasteiger partial charge >= 0.3 is 0 Å². The van der Waals surface area contributed by atoms with Gasteiger partial charge < -0.3 is 5.32 Å². The van der Waals surface area contributed by atoms with E-state index in [1.807, 2.05) is 0 Å². The number of hydrogen-bond acceptors (Lipinski definition) is 4. The Kier molecular flexibility index (Phi) is 3.23. The predicted molar refractivity (Wildman–Crippen MR) is 73.6 cm³/mol. The fourth-order valence-electron chi connectivity index (χ4n) is 2.19. The molecule has 0 saturated carbocycles. The highest BCUT2D eigenvalue weighted by Gasteiger charge is 2.34. The van der Waals surface area contributed by atoms with Crippen molar-refractivity contribution >= 4 is 23.5 Å². The van der Waals surface area contributed by atoms with Crippen molar-refractivity contribution in [1.82, 2.24) is 15.1 Å². The molecule has 0 aliphatic carbocycles. The monoisotopic (exact) mass is 284 g/mol. The van der Waals surface area contributed by atoms with Gasteiger partial charge in [0.05, 0.1) is 17.3 Å². The number of fused-ring (bicyclic) bond motifs is 1. The first-order valence-electron chi connectivity index (χ1n) is 6.41. The van der Waals surface area contributed by atoms with Gasteiger partial charge in [0.25, 0.3) is 11.8 Å². The fourth-order valence-corrected chi connectivity index (χ4v) is 2.19. The van der Waals surface area contributed by atoms with Gasteiger partial charge in [0.2, 0.25) is 5.91 Å². The quantitative estimate of drug-likeness (QED) is 0.820. The summed E-state index contributed by atoms with van der Waals surface area (Å²) in [6.07, 6.45) is 1.55. The molecular formula is C14H12N4O3. The second-order valence-electron chi connectivity index (χ2n) is 4.58. The Morgan fingerprint density at radius 1 is 1.14 bits per heavy atom. The molecule has 0 radical (unpaired) electrons. The lowest BCUT2D eigenvalue weighted by Crippen LogP contribution is -2.32. The maximum Gasteiger partial charge on any atom is 0.261 e. The van der Waals surface area contributed by atoms with Crippen LogP contribution < -0.4 is 5.32 Å². The van der Waals surface area contributed by atoms with Gasteiger partial charge in [-0.3, -0.25) is 24.4 Å². The first-order chi connectivity index (χ1) is 10.2. The summed E-state index contributed by atoms with van der Waals surface area (Å²) in [6, 6.07) is 8.25. The van der Waals surface area contributed by atoms with Gasteiger partial charge in [0, 0.05) is 19.0 Å². The number of nitrogens with one attached hydrogen (secondary N) is 2. The van der Waals surface area contributed by atoms with E-state index in [0.717, 1.165) is 4.90 Å². The number of H-pyrrole nitrogens is 1. The maximum atomic E-state index is 12.1. The lowest BCUT2D eigenvalue weighted by atomic mass is 10.1. The second-order valence-corrected chi connectivity index (χ2v) is 4.58. The molecule has 3 rings (SSSR count). The molecular weight excluding hydrogens is 272 g/mol. The van der Waals surface area contributed by atoms with Crippen LogP contribution in [-0.4, -0.2) is 39.4 Å². The lowest BCUT2D eigenvalue weighted by Gasteiger charge is -2.13. The van der Waals surface area contributed by atoms with Crippen LogP contribution >= 0.6 is 0 Å². The molecule has 0 atom stereocenters. The predicted octanol–water partition coefficient (Wildman–Crippen LogP) is 1.03. The van der Waals surface area contributed by atoms with Gasteiger partial charge in [-0.15, -0.1) is 0 Å². The molecule has 1 aromatic carbocycles. The van der Waals surface area contributed by atoms with Crippen molar-refractivity contribution in [2.24, 2.45) is 0 Å². The number of nitrogens with zero attached hydrogens (tertiary/aromatic N) is 2. The highest BCUT2D eigenvalue weighted by Crippen LogP contribution is 2.22. The van der Waals surface area contributed by atoms with Gasteiger partial charge in [-0.05, 0) is 12.1 Å². The van der Waals surface area contributed by atoms with E-state index in [1.165, 1.54) is 6.20 Å². The minimum atomic E-state index is -0.357. The summed E-state index contributed by atoms with van der Waals surface area (Å²) in [4.78, 5) is 37.0. The number of carbonyl (C=O) groups is 3.